The van der Waals surface area contributed by atoms with Crippen molar-refractivity contribution in [3.63, 3.8) is 0 Å². The van der Waals surface area contributed by atoms with E-state index in [2.05, 4.69) is 10.5 Å². The molecule has 0 aliphatic heterocycles. The van der Waals surface area contributed by atoms with Crippen LogP contribution in [0.3, 0.4) is 0 Å². The maximum absolute atomic E-state index is 11.4. The summed E-state index contributed by atoms with van der Waals surface area (Å²) in [7, 11) is 0. The highest BCUT2D eigenvalue weighted by Gasteiger charge is 2.01. The second kappa shape index (κ2) is 6.39. The Balaban J connectivity index is 1.74. The zero-order valence-electron chi connectivity index (χ0n) is 10.5. The molecule has 1 aromatic heterocycles. The molecule has 1 aromatic carbocycles. The average Bonchev–Trinajstić information content (AvgIpc) is 2.91. The number of rotatable bonds is 5. The Morgan fingerprint density at radius 3 is 2.84 bits per heavy atom. The first-order chi connectivity index (χ1) is 9.24. The normalized spacial score (nSPS) is 10.6. The van der Waals surface area contributed by atoms with Gasteiger partial charge >= 0.3 is 0 Å². The monoisotopic (exact) mass is 258 g/mol. The SMILES string of the molecule is Cc1ccc(OCC(=O)N/N=C/c2ccco2)cc1. The molecule has 0 atom stereocenters. The molecule has 98 valence electrons. The molecule has 5 nitrogen and oxygen atoms in total. The van der Waals surface area contributed by atoms with Crippen molar-refractivity contribution in [1.29, 1.82) is 0 Å². The number of ether oxygens (including phenoxy) is 1. The van der Waals surface area contributed by atoms with Crippen molar-refractivity contribution in [1.82, 2.24) is 5.43 Å². The summed E-state index contributed by atoms with van der Waals surface area (Å²) >= 11 is 0. The zero-order chi connectivity index (χ0) is 13.5. The Bertz CT molecular complexity index is 545. The fourth-order valence-electron chi connectivity index (χ4n) is 1.35. The minimum Gasteiger partial charge on any atom is -0.484 e. The summed E-state index contributed by atoms with van der Waals surface area (Å²) in [4.78, 5) is 11.4. The molecule has 5 heteroatoms. The number of benzene rings is 1. The number of aryl methyl sites for hydroxylation is 1. The molecule has 0 unspecified atom stereocenters. The van der Waals surface area contributed by atoms with E-state index in [0.29, 0.717) is 11.5 Å². The molecule has 0 aliphatic carbocycles. The number of amides is 1. The molecule has 0 bridgehead atoms. The van der Waals surface area contributed by atoms with Gasteiger partial charge in [0.25, 0.3) is 5.91 Å². The molecule has 1 amide bonds. The van der Waals surface area contributed by atoms with Gasteiger partial charge in [-0.25, -0.2) is 5.43 Å². The van der Waals surface area contributed by atoms with Gasteiger partial charge in [0, 0.05) is 0 Å². The van der Waals surface area contributed by atoms with Crippen molar-refractivity contribution < 1.29 is 13.9 Å². The third-order valence-corrected chi connectivity index (χ3v) is 2.32. The molecular formula is C14H14N2O3. The first kappa shape index (κ1) is 12.9. The summed E-state index contributed by atoms with van der Waals surface area (Å²) in [6.45, 7) is 1.90. The minimum atomic E-state index is -0.330. The van der Waals surface area contributed by atoms with Crippen LogP contribution in [0.5, 0.6) is 5.75 Å². The van der Waals surface area contributed by atoms with Crippen molar-refractivity contribution in [3.05, 3.63) is 54.0 Å². The largest absolute Gasteiger partial charge is 0.484 e. The molecule has 2 aromatic rings. The molecule has 0 spiro atoms. The fourth-order valence-corrected chi connectivity index (χ4v) is 1.35. The van der Waals surface area contributed by atoms with Crippen LogP contribution in [-0.2, 0) is 4.79 Å². The molecule has 0 radical (unpaired) electrons. The number of carbonyl (C=O) groups excluding carboxylic acids is 1. The number of hydrazone groups is 1. The lowest BCUT2D eigenvalue weighted by Gasteiger charge is -2.04. The number of hydrogen-bond donors (Lipinski definition) is 1. The van der Waals surface area contributed by atoms with Gasteiger partial charge in [0.2, 0.25) is 0 Å². The van der Waals surface area contributed by atoms with Crippen LogP contribution >= 0.6 is 0 Å². The predicted octanol–water partition coefficient (Wildman–Crippen LogP) is 2.12. The topological polar surface area (TPSA) is 63.8 Å². The Morgan fingerprint density at radius 2 is 2.16 bits per heavy atom. The molecule has 1 heterocycles. The average molecular weight is 258 g/mol. The van der Waals surface area contributed by atoms with Crippen LogP contribution < -0.4 is 10.2 Å². The van der Waals surface area contributed by atoms with E-state index in [9.17, 15) is 4.79 Å². The van der Waals surface area contributed by atoms with Crippen molar-refractivity contribution >= 4 is 12.1 Å². The summed E-state index contributed by atoms with van der Waals surface area (Å²) in [5, 5.41) is 3.74. The third kappa shape index (κ3) is 4.31. The molecule has 0 saturated carbocycles. The van der Waals surface area contributed by atoms with Crippen molar-refractivity contribution in [3.8, 4) is 5.75 Å². The summed E-state index contributed by atoms with van der Waals surface area (Å²) in [5.74, 6) is 0.888. The predicted molar refractivity (Wildman–Crippen MR) is 71.1 cm³/mol. The van der Waals surface area contributed by atoms with Crippen LogP contribution in [0.15, 0.2) is 52.2 Å². The molecular weight excluding hydrogens is 244 g/mol. The van der Waals surface area contributed by atoms with E-state index in [1.165, 1.54) is 12.5 Å². The van der Waals surface area contributed by atoms with Crippen LogP contribution in [0.2, 0.25) is 0 Å². The van der Waals surface area contributed by atoms with Crippen LogP contribution in [-0.4, -0.2) is 18.7 Å². The lowest BCUT2D eigenvalue weighted by atomic mass is 10.2. The molecule has 19 heavy (non-hydrogen) atoms. The van der Waals surface area contributed by atoms with E-state index in [4.69, 9.17) is 9.15 Å². The van der Waals surface area contributed by atoms with Gasteiger partial charge < -0.3 is 9.15 Å². The number of nitrogens with zero attached hydrogens (tertiary/aromatic N) is 1. The third-order valence-electron chi connectivity index (χ3n) is 2.32. The standard InChI is InChI=1S/C14H14N2O3/c1-11-4-6-12(7-5-11)19-10-14(17)16-15-9-13-3-2-8-18-13/h2-9H,10H2,1H3,(H,16,17)/b15-9+. The number of nitrogens with one attached hydrogen (secondary N) is 1. The maximum Gasteiger partial charge on any atom is 0.277 e. The number of furan rings is 1. The van der Waals surface area contributed by atoms with E-state index in [-0.39, 0.29) is 12.5 Å². The van der Waals surface area contributed by atoms with E-state index in [1.807, 2.05) is 31.2 Å². The van der Waals surface area contributed by atoms with Crippen LogP contribution in [0, 0.1) is 6.92 Å². The van der Waals surface area contributed by atoms with Crippen molar-refractivity contribution in [2.45, 2.75) is 6.92 Å². The summed E-state index contributed by atoms with van der Waals surface area (Å²) in [6, 6.07) is 10.9. The molecule has 0 aliphatic rings. The van der Waals surface area contributed by atoms with Crippen molar-refractivity contribution in [2.24, 2.45) is 5.10 Å². The molecule has 1 N–H and O–H groups in total. The number of carbonyl (C=O) groups is 1. The molecule has 2 rings (SSSR count). The second-order valence-corrected chi connectivity index (χ2v) is 3.91. The van der Waals surface area contributed by atoms with E-state index in [0.717, 1.165) is 5.56 Å². The zero-order valence-corrected chi connectivity index (χ0v) is 10.5. The number of hydrogen-bond acceptors (Lipinski definition) is 4. The smallest absolute Gasteiger partial charge is 0.277 e. The van der Waals surface area contributed by atoms with Gasteiger partial charge in [-0.05, 0) is 31.2 Å². The Kier molecular flexibility index (Phi) is 4.34. The first-order valence-electron chi connectivity index (χ1n) is 5.79. The lowest BCUT2D eigenvalue weighted by molar-refractivity contribution is -0.123. The first-order valence-corrected chi connectivity index (χ1v) is 5.79. The van der Waals surface area contributed by atoms with Gasteiger partial charge in [-0.3, -0.25) is 4.79 Å². The van der Waals surface area contributed by atoms with E-state index in [1.54, 1.807) is 12.1 Å². The Hall–Kier alpha value is -2.56. The fraction of sp³-hybridized carbons (Fsp3) is 0.143. The Labute approximate surface area is 110 Å². The van der Waals surface area contributed by atoms with Gasteiger partial charge in [-0.1, -0.05) is 17.7 Å². The maximum atomic E-state index is 11.4. The minimum absolute atomic E-state index is 0.0848. The van der Waals surface area contributed by atoms with E-state index >= 15 is 0 Å². The second-order valence-electron chi connectivity index (χ2n) is 3.91. The van der Waals surface area contributed by atoms with Gasteiger partial charge in [-0.2, -0.15) is 5.10 Å². The highest BCUT2D eigenvalue weighted by atomic mass is 16.5. The quantitative estimate of drug-likeness (QED) is 0.660. The molecule has 0 fully saturated rings. The molecule has 0 saturated heterocycles. The highest BCUT2D eigenvalue weighted by molar-refractivity contribution is 5.81. The lowest BCUT2D eigenvalue weighted by Crippen LogP contribution is -2.24. The van der Waals surface area contributed by atoms with E-state index < -0.39 is 0 Å². The van der Waals surface area contributed by atoms with Gasteiger partial charge in [0.15, 0.2) is 6.61 Å². The summed E-state index contributed by atoms with van der Waals surface area (Å²) in [6.07, 6.45) is 2.95. The summed E-state index contributed by atoms with van der Waals surface area (Å²) < 4.78 is 10.3. The highest BCUT2D eigenvalue weighted by Crippen LogP contribution is 2.10. The van der Waals surface area contributed by atoms with Crippen LogP contribution in [0.4, 0.5) is 0 Å². The summed E-state index contributed by atoms with van der Waals surface area (Å²) in [5.41, 5.74) is 3.49. The van der Waals surface area contributed by atoms with Gasteiger partial charge in [-0.15, -0.1) is 0 Å². The van der Waals surface area contributed by atoms with Crippen molar-refractivity contribution in [2.75, 3.05) is 6.61 Å². The Morgan fingerprint density at radius 1 is 1.37 bits per heavy atom. The van der Waals surface area contributed by atoms with Gasteiger partial charge in [0.1, 0.15) is 11.5 Å². The van der Waals surface area contributed by atoms with Crippen LogP contribution in [0.25, 0.3) is 0 Å². The van der Waals surface area contributed by atoms with Crippen LogP contribution in [0.1, 0.15) is 11.3 Å². The van der Waals surface area contributed by atoms with Gasteiger partial charge in [0.05, 0.1) is 12.5 Å².